The van der Waals surface area contributed by atoms with Gasteiger partial charge in [-0.1, -0.05) is 12.1 Å². The second-order valence-corrected chi connectivity index (χ2v) is 4.62. The number of amides is 1. The van der Waals surface area contributed by atoms with Crippen molar-refractivity contribution in [2.45, 2.75) is 32.9 Å². The molecular weight excluding hydrogens is 232 g/mol. The van der Waals surface area contributed by atoms with Crippen molar-refractivity contribution in [2.24, 2.45) is 0 Å². The molecule has 2 atom stereocenters. The molecule has 96 valence electrons. The van der Waals surface area contributed by atoms with E-state index in [4.69, 9.17) is 5.11 Å². The van der Waals surface area contributed by atoms with Gasteiger partial charge in [0.05, 0.1) is 0 Å². The van der Waals surface area contributed by atoms with Crippen LogP contribution in [-0.2, 0) is 9.59 Å². The van der Waals surface area contributed by atoms with E-state index in [1.54, 1.807) is 0 Å². The number of carboxylic acids is 1. The van der Waals surface area contributed by atoms with Crippen LogP contribution in [-0.4, -0.2) is 23.0 Å². The summed E-state index contributed by atoms with van der Waals surface area (Å²) in [7, 11) is 0. The number of benzene rings is 1. The van der Waals surface area contributed by atoms with E-state index in [0.717, 1.165) is 22.4 Å². The summed E-state index contributed by atoms with van der Waals surface area (Å²) in [4.78, 5) is 22.7. The topological polar surface area (TPSA) is 78.4 Å². The molecule has 0 spiro atoms. The van der Waals surface area contributed by atoms with Gasteiger partial charge in [-0.2, -0.15) is 0 Å². The summed E-state index contributed by atoms with van der Waals surface area (Å²) in [6.07, 6.45) is 0. The monoisotopic (exact) mass is 248 g/mol. The summed E-state index contributed by atoms with van der Waals surface area (Å²) < 4.78 is 0. The van der Waals surface area contributed by atoms with Crippen molar-refractivity contribution in [2.75, 3.05) is 5.32 Å². The molecule has 1 amide bonds. The predicted molar refractivity (Wildman–Crippen MR) is 67.5 cm³/mol. The fourth-order valence-corrected chi connectivity index (χ4v) is 2.07. The fourth-order valence-electron chi connectivity index (χ4n) is 2.07. The standard InChI is InChI=1S/C13H16N2O3/c1-6-4-5-9-10(7(6)2)15-12(16)11(9)14-8(3)13(17)18/h4-5,8,11,14H,1-3H3,(H,15,16)(H,17,18). The number of aryl methyl sites for hydroxylation is 1. The third-order valence-electron chi connectivity index (χ3n) is 3.38. The number of rotatable bonds is 3. The van der Waals surface area contributed by atoms with E-state index >= 15 is 0 Å². The van der Waals surface area contributed by atoms with Crippen molar-refractivity contribution in [1.82, 2.24) is 5.32 Å². The Labute approximate surface area is 105 Å². The van der Waals surface area contributed by atoms with Crippen LogP contribution in [0.25, 0.3) is 0 Å². The van der Waals surface area contributed by atoms with Gasteiger partial charge in [0.2, 0.25) is 5.91 Å². The number of aliphatic carboxylic acids is 1. The molecule has 5 nitrogen and oxygen atoms in total. The van der Waals surface area contributed by atoms with Crippen molar-refractivity contribution < 1.29 is 14.7 Å². The van der Waals surface area contributed by atoms with Crippen LogP contribution >= 0.6 is 0 Å². The number of carboxylic acid groups (broad SMARTS) is 1. The molecule has 1 aromatic carbocycles. The Hall–Kier alpha value is -1.88. The van der Waals surface area contributed by atoms with Crippen LogP contribution in [0.4, 0.5) is 5.69 Å². The zero-order valence-electron chi connectivity index (χ0n) is 10.6. The van der Waals surface area contributed by atoms with Crippen LogP contribution in [0.2, 0.25) is 0 Å². The van der Waals surface area contributed by atoms with E-state index in [2.05, 4.69) is 10.6 Å². The van der Waals surface area contributed by atoms with Crippen molar-refractivity contribution >= 4 is 17.6 Å². The molecule has 3 N–H and O–H groups in total. The smallest absolute Gasteiger partial charge is 0.320 e. The quantitative estimate of drug-likeness (QED) is 0.754. The number of fused-ring (bicyclic) bond motifs is 1. The molecule has 0 aliphatic carbocycles. The van der Waals surface area contributed by atoms with E-state index in [1.165, 1.54) is 6.92 Å². The maximum Gasteiger partial charge on any atom is 0.320 e. The molecule has 1 aromatic rings. The van der Waals surface area contributed by atoms with Crippen LogP contribution in [0.1, 0.15) is 29.7 Å². The third kappa shape index (κ3) is 1.97. The first-order valence-electron chi connectivity index (χ1n) is 5.81. The Kier molecular flexibility index (Phi) is 3.09. The molecule has 2 unspecified atom stereocenters. The van der Waals surface area contributed by atoms with Crippen molar-refractivity contribution in [3.63, 3.8) is 0 Å². The van der Waals surface area contributed by atoms with E-state index in [-0.39, 0.29) is 5.91 Å². The van der Waals surface area contributed by atoms with Gasteiger partial charge < -0.3 is 10.4 Å². The van der Waals surface area contributed by atoms with Crippen LogP contribution in [0.3, 0.4) is 0 Å². The number of anilines is 1. The van der Waals surface area contributed by atoms with E-state index < -0.39 is 18.1 Å². The van der Waals surface area contributed by atoms with Crippen molar-refractivity contribution in [1.29, 1.82) is 0 Å². The first-order chi connectivity index (χ1) is 8.41. The minimum atomic E-state index is -0.972. The Morgan fingerprint density at radius 2 is 2.11 bits per heavy atom. The summed E-state index contributed by atoms with van der Waals surface area (Å²) in [5.74, 6) is -1.17. The Balaban J connectivity index is 2.34. The zero-order valence-corrected chi connectivity index (χ0v) is 10.6. The molecule has 0 radical (unpaired) electrons. The van der Waals surface area contributed by atoms with Gasteiger partial charge in [-0.25, -0.2) is 0 Å². The lowest BCUT2D eigenvalue weighted by atomic mass is 10.0. The average Bonchev–Trinajstić information content (AvgIpc) is 2.62. The summed E-state index contributed by atoms with van der Waals surface area (Å²) in [5.41, 5.74) is 3.74. The average molecular weight is 248 g/mol. The Morgan fingerprint density at radius 3 is 2.72 bits per heavy atom. The molecule has 0 saturated carbocycles. The highest BCUT2D eigenvalue weighted by atomic mass is 16.4. The van der Waals surface area contributed by atoms with E-state index in [1.807, 2.05) is 26.0 Å². The van der Waals surface area contributed by atoms with Crippen molar-refractivity contribution in [3.8, 4) is 0 Å². The van der Waals surface area contributed by atoms with Crippen LogP contribution in [0.15, 0.2) is 12.1 Å². The molecule has 1 aliphatic rings. The third-order valence-corrected chi connectivity index (χ3v) is 3.38. The predicted octanol–water partition coefficient (Wildman–Crippen LogP) is 1.36. The molecule has 1 heterocycles. The summed E-state index contributed by atoms with van der Waals surface area (Å²) >= 11 is 0. The first kappa shape index (κ1) is 12.6. The molecule has 1 aliphatic heterocycles. The minimum Gasteiger partial charge on any atom is -0.480 e. The molecule has 2 rings (SSSR count). The maximum absolute atomic E-state index is 11.9. The summed E-state index contributed by atoms with van der Waals surface area (Å²) in [6, 6.07) is 2.44. The maximum atomic E-state index is 11.9. The van der Waals surface area contributed by atoms with Gasteiger partial charge in [-0.15, -0.1) is 0 Å². The van der Waals surface area contributed by atoms with Crippen LogP contribution in [0.5, 0.6) is 0 Å². The van der Waals surface area contributed by atoms with E-state index in [9.17, 15) is 9.59 Å². The highest BCUT2D eigenvalue weighted by molar-refractivity contribution is 6.03. The van der Waals surface area contributed by atoms with Crippen LogP contribution in [0, 0.1) is 13.8 Å². The molecule has 0 fully saturated rings. The number of hydrogen-bond donors (Lipinski definition) is 3. The van der Waals surface area contributed by atoms with Gasteiger partial charge >= 0.3 is 5.97 Å². The fraction of sp³-hybridized carbons (Fsp3) is 0.385. The Bertz CT molecular complexity index is 525. The zero-order chi connectivity index (χ0) is 13.4. The van der Waals surface area contributed by atoms with Gasteiger partial charge in [0.1, 0.15) is 12.1 Å². The van der Waals surface area contributed by atoms with Crippen molar-refractivity contribution in [3.05, 3.63) is 28.8 Å². The summed E-state index contributed by atoms with van der Waals surface area (Å²) in [6.45, 7) is 5.44. The molecular formula is C13H16N2O3. The molecule has 0 bridgehead atoms. The number of carbonyl (C=O) groups is 2. The molecule has 0 aromatic heterocycles. The highest BCUT2D eigenvalue weighted by Gasteiger charge is 2.33. The number of carbonyl (C=O) groups excluding carboxylic acids is 1. The molecule has 5 heteroatoms. The lowest BCUT2D eigenvalue weighted by Gasteiger charge is -2.15. The lowest BCUT2D eigenvalue weighted by Crippen LogP contribution is -2.39. The highest BCUT2D eigenvalue weighted by Crippen LogP contribution is 2.35. The van der Waals surface area contributed by atoms with Gasteiger partial charge in [-0.05, 0) is 31.9 Å². The SMILES string of the molecule is Cc1ccc2c(c1C)NC(=O)C2NC(C)C(=O)O. The molecule has 18 heavy (non-hydrogen) atoms. The first-order valence-corrected chi connectivity index (χ1v) is 5.81. The summed E-state index contributed by atoms with van der Waals surface area (Å²) in [5, 5.41) is 14.5. The number of nitrogens with one attached hydrogen (secondary N) is 2. The minimum absolute atomic E-state index is 0.202. The lowest BCUT2D eigenvalue weighted by molar-refractivity contribution is -0.139. The van der Waals surface area contributed by atoms with Gasteiger partial charge in [0, 0.05) is 11.3 Å². The second kappa shape index (κ2) is 4.42. The van der Waals surface area contributed by atoms with Gasteiger partial charge in [0.25, 0.3) is 0 Å². The largest absolute Gasteiger partial charge is 0.480 e. The number of hydrogen-bond acceptors (Lipinski definition) is 3. The van der Waals surface area contributed by atoms with Crippen LogP contribution < -0.4 is 10.6 Å². The van der Waals surface area contributed by atoms with Gasteiger partial charge in [-0.3, -0.25) is 14.9 Å². The van der Waals surface area contributed by atoms with Gasteiger partial charge in [0.15, 0.2) is 0 Å². The molecule has 0 saturated heterocycles. The second-order valence-electron chi connectivity index (χ2n) is 4.62. The van der Waals surface area contributed by atoms with E-state index in [0.29, 0.717) is 0 Å². The normalized spacial score (nSPS) is 19.3. The Morgan fingerprint density at radius 1 is 1.44 bits per heavy atom.